The van der Waals surface area contributed by atoms with Crippen LogP contribution in [-0.4, -0.2) is 55.8 Å². The Morgan fingerprint density at radius 1 is 1.07 bits per heavy atom. The number of aryl methyl sites for hydroxylation is 1. The van der Waals surface area contributed by atoms with Crippen LogP contribution in [0.1, 0.15) is 69.4 Å². The summed E-state index contributed by atoms with van der Waals surface area (Å²) in [5, 5.41) is 3.11. The number of nitrogens with zero attached hydrogens (tertiary/aromatic N) is 2. The maximum Gasteiger partial charge on any atom is 0.243 e. The van der Waals surface area contributed by atoms with Gasteiger partial charge < -0.3 is 5.32 Å². The Balaban J connectivity index is 1.83. The van der Waals surface area contributed by atoms with Gasteiger partial charge in [-0.1, -0.05) is 32.3 Å². The van der Waals surface area contributed by atoms with Crippen molar-refractivity contribution in [2.45, 2.75) is 83.1 Å². The van der Waals surface area contributed by atoms with E-state index in [9.17, 15) is 13.2 Å². The number of amides is 1. The van der Waals surface area contributed by atoms with E-state index in [0.717, 1.165) is 70.0 Å². The van der Waals surface area contributed by atoms with Gasteiger partial charge in [0, 0.05) is 18.8 Å². The lowest BCUT2D eigenvalue weighted by Crippen LogP contribution is -2.47. The van der Waals surface area contributed by atoms with Gasteiger partial charge >= 0.3 is 0 Å². The van der Waals surface area contributed by atoms with E-state index in [1.807, 2.05) is 19.9 Å². The van der Waals surface area contributed by atoms with Crippen LogP contribution in [-0.2, 0) is 14.8 Å². The number of hydrogen-bond acceptors (Lipinski definition) is 4. The summed E-state index contributed by atoms with van der Waals surface area (Å²) in [7, 11) is -3.54. The van der Waals surface area contributed by atoms with Gasteiger partial charge in [-0.15, -0.1) is 0 Å². The minimum Gasteiger partial charge on any atom is -0.324 e. The molecule has 2 saturated heterocycles. The average molecular weight is 436 g/mol. The zero-order chi connectivity index (χ0) is 21.7. The molecule has 0 aromatic heterocycles. The fraction of sp³-hybridized carbons (Fsp3) is 0.696. The highest BCUT2D eigenvalue weighted by Gasteiger charge is 2.31. The lowest BCUT2D eigenvalue weighted by Gasteiger charge is -2.35. The van der Waals surface area contributed by atoms with E-state index in [1.165, 1.54) is 0 Å². The molecular weight excluding hydrogens is 398 g/mol. The van der Waals surface area contributed by atoms with Gasteiger partial charge in [-0.25, -0.2) is 8.42 Å². The molecule has 1 N–H and O–H groups in total. The Bertz CT molecular complexity index is 847. The summed E-state index contributed by atoms with van der Waals surface area (Å²) in [4.78, 5) is 15.8. The number of carbonyl (C=O) groups is 1. The van der Waals surface area contributed by atoms with Gasteiger partial charge in [0.05, 0.1) is 10.9 Å². The van der Waals surface area contributed by atoms with Gasteiger partial charge in [0.2, 0.25) is 15.9 Å². The SMILES string of the molecule is CCCCN1CCCCC1C(=O)Nc1c(C)ccc(S(=O)(=O)N2CCCCC2)c1C. The smallest absolute Gasteiger partial charge is 0.243 e. The summed E-state index contributed by atoms with van der Waals surface area (Å²) in [6.07, 6.45) is 8.14. The number of anilines is 1. The second-order valence-corrected chi connectivity index (χ2v) is 10.6. The van der Waals surface area contributed by atoms with Crippen LogP contribution in [0.3, 0.4) is 0 Å². The van der Waals surface area contributed by atoms with Crippen LogP contribution < -0.4 is 5.32 Å². The van der Waals surface area contributed by atoms with Crippen molar-refractivity contribution in [1.29, 1.82) is 0 Å². The molecule has 30 heavy (non-hydrogen) atoms. The van der Waals surface area contributed by atoms with E-state index in [2.05, 4.69) is 17.1 Å². The number of likely N-dealkylation sites (tertiary alicyclic amines) is 1. The van der Waals surface area contributed by atoms with Gasteiger partial charge in [-0.05, 0) is 76.2 Å². The molecule has 1 aromatic rings. The van der Waals surface area contributed by atoms with Crippen molar-refractivity contribution in [3.8, 4) is 0 Å². The third-order valence-electron chi connectivity index (χ3n) is 6.52. The lowest BCUT2D eigenvalue weighted by atomic mass is 10.00. The minimum absolute atomic E-state index is 0.00970. The quantitative estimate of drug-likeness (QED) is 0.701. The van der Waals surface area contributed by atoms with Crippen LogP contribution in [0.25, 0.3) is 0 Å². The summed E-state index contributed by atoms with van der Waals surface area (Å²) >= 11 is 0. The van der Waals surface area contributed by atoms with E-state index < -0.39 is 10.0 Å². The van der Waals surface area contributed by atoms with Crippen LogP contribution in [0.4, 0.5) is 5.69 Å². The average Bonchev–Trinajstić information content (AvgIpc) is 2.75. The zero-order valence-corrected chi connectivity index (χ0v) is 19.6. The third-order valence-corrected chi connectivity index (χ3v) is 8.56. The molecule has 2 fully saturated rings. The molecule has 2 heterocycles. The van der Waals surface area contributed by atoms with Crippen molar-refractivity contribution in [3.63, 3.8) is 0 Å². The molecule has 3 rings (SSSR count). The molecule has 168 valence electrons. The number of nitrogens with one attached hydrogen (secondary N) is 1. The highest BCUT2D eigenvalue weighted by atomic mass is 32.2. The van der Waals surface area contributed by atoms with Crippen molar-refractivity contribution >= 4 is 21.6 Å². The van der Waals surface area contributed by atoms with E-state index >= 15 is 0 Å². The highest BCUT2D eigenvalue weighted by Crippen LogP contribution is 2.31. The van der Waals surface area contributed by atoms with Crippen LogP contribution in [0.15, 0.2) is 17.0 Å². The molecule has 1 amide bonds. The first-order valence-electron chi connectivity index (χ1n) is 11.5. The van der Waals surface area contributed by atoms with E-state index in [4.69, 9.17) is 0 Å². The minimum atomic E-state index is -3.54. The highest BCUT2D eigenvalue weighted by molar-refractivity contribution is 7.89. The Morgan fingerprint density at radius 3 is 2.47 bits per heavy atom. The molecule has 1 aromatic carbocycles. The number of rotatable bonds is 7. The molecule has 0 aliphatic carbocycles. The van der Waals surface area contributed by atoms with Gasteiger partial charge in [0.1, 0.15) is 0 Å². The number of benzene rings is 1. The van der Waals surface area contributed by atoms with Gasteiger partial charge in [0.25, 0.3) is 0 Å². The largest absolute Gasteiger partial charge is 0.324 e. The summed E-state index contributed by atoms with van der Waals surface area (Å²) in [6, 6.07) is 3.37. The van der Waals surface area contributed by atoms with E-state index in [0.29, 0.717) is 29.2 Å². The standard InChI is InChI=1S/C23H37N3O3S/c1-4-5-14-25-15-10-7-11-20(25)23(27)24-22-18(2)12-13-21(19(22)3)30(28,29)26-16-8-6-9-17-26/h12-13,20H,4-11,14-17H2,1-3H3,(H,24,27). The molecule has 0 bridgehead atoms. The Hall–Kier alpha value is -1.44. The molecule has 1 unspecified atom stereocenters. The molecule has 2 aliphatic rings. The monoisotopic (exact) mass is 435 g/mol. The fourth-order valence-electron chi connectivity index (χ4n) is 4.67. The fourth-order valence-corrected chi connectivity index (χ4v) is 6.41. The van der Waals surface area contributed by atoms with E-state index in [-0.39, 0.29) is 11.9 Å². The van der Waals surface area contributed by atoms with Crippen LogP contribution in [0, 0.1) is 13.8 Å². The number of unbranched alkanes of at least 4 members (excludes halogenated alkanes) is 1. The van der Waals surface area contributed by atoms with Crippen molar-refractivity contribution < 1.29 is 13.2 Å². The molecule has 0 radical (unpaired) electrons. The van der Waals surface area contributed by atoms with Crippen molar-refractivity contribution in [2.75, 3.05) is 31.5 Å². The molecule has 6 nitrogen and oxygen atoms in total. The van der Waals surface area contributed by atoms with Crippen molar-refractivity contribution in [1.82, 2.24) is 9.21 Å². The number of carbonyl (C=O) groups excluding carboxylic acids is 1. The Morgan fingerprint density at radius 2 is 1.77 bits per heavy atom. The normalized spacial score (nSPS) is 21.5. The molecule has 1 atom stereocenters. The molecule has 2 aliphatic heterocycles. The predicted molar refractivity (Wildman–Crippen MR) is 121 cm³/mol. The molecule has 0 saturated carbocycles. The zero-order valence-electron chi connectivity index (χ0n) is 18.7. The maximum absolute atomic E-state index is 13.2. The number of hydrogen-bond donors (Lipinski definition) is 1. The molecular formula is C23H37N3O3S. The maximum atomic E-state index is 13.2. The van der Waals surface area contributed by atoms with E-state index in [1.54, 1.807) is 10.4 Å². The van der Waals surface area contributed by atoms with Crippen LogP contribution in [0.2, 0.25) is 0 Å². The second kappa shape index (κ2) is 10.2. The van der Waals surface area contributed by atoms with Crippen molar-refractivity contribution in [3.05, 3.63) is 23.3 Å². The van der Waals surface area contributed by atoms with Crippen molar-refractivity contribution in [2.24, 2.45) is 0 Å². The second-order valence-electron chi connectivity index (χ2n) is 8.74. The summed E-state index contributed by atoms with van der Waals surface area (Å²) in [6.45, 7) is 8.96. The molecule has 7 heteroatoms. The molecule has 0 spiro atoms. The van der Waals surface area contributed by atoms with Gasteiger partial charge in [-0.3, -0.25) is 9.69 Å². The third kappa shape index (κ3) is 5.06. The summed E-state index contributed by atoms with van der Waals surface area (Å²) in [5.74, 6) is -0.00970. The summed E-state index contributed by atoms with van der Waals surface area (Å²) in [5.41, 5.74) is 2.19. The van der Waals surface area contributed by atoms with Crippen LogP contribution >= 0.6 is 0 Å². The van der Waals surface area contributed by atoms with Crippen LogP contribution in [0.5, 0.6) is 0 Å². The van der Waals surface area contributed by atoms with Gasteiger partial charge in [-0.2, -0.15) is 4.31 Å². The van der Waals surface area contributed by atoms with Gasteiger partial charge in [0.15, 0.2) is 0 Å². The number of piperidine rings is 2. The summed E-state index contributed by atoms with van der Waals surface area (Å²) < 4.78 is 28.1. The number of sulfonamides is 1. The topological polar surface area (TPSA) is 69.7 Å². The first kappa shape index (κ1) is 23.2. The lowest BCUT2D eigenvalue weighted by molar-refractivity contribution is -0.122. The Kier molecular flexibility index (Phi) is 7.93. The Labute approximate surface area is 182 Å². The first-order valence-corrected chi connectivity index (χ1v) is 13.0. The first-order chi connectivity index (χ1) is 14.4. The predicted octanol–water partition coefficient (Wildman–Crippen LogP) is 4.07.